The van der Waals surface area contributed by atoms with Gasteiger partial charge in [0.1, 0.15) is 11.6 Å². The fraction of sp³-hybridized carbons (Fsp3) is 0.438. The van der Waals surface area contributed by atoms with Crippen LogP contribution in [-0.4, -0.2) is 34.3 Å². The number of hydrogen-bond donors (Lipinski definition) is 2. The number of H-pyrrole nitrogens is 1. The van der Waals surface area contributed by atoms with Crippen LogP contribution in [0.4, 0.5) is 24.8 Å². The highest BCUT2D eigenvalue weighted by molar-refractivity contribution is 5.47. The van der Waals surface area contributed by atoms with Crippen LogP contribution in [0.5, 0.6) is 0 Å². The van der Waals surface area contributed by atoms with Crippen LogP contribution in [0.15, 0.2) is 35.3 Å². The maximum Gasteiger partial charge on any atom is 0.419 e. The molecule has 2 N–H and O–H groups in total. The lowest BCUT2D eigenvalue weighted by molar-refractivity contribution is -0.137. The van der Waals surface area contributed by atoms with Gasteiger partial charge in [-0.1, -0.05) is 0 Å². The number of halogens is 3. The summed E-state index contributed by atoms with van der Waals surface area (Å²) in [7, 11) is 0. The minimum Gasteiger partial charge on any atom is -0.368 e. The van der Waals surface area contributed by atoms with Crippen molar-refractivity contribution in [2.24, 2.45) is 0 Å². The van der Waals surface area contributed by atoms with Gasteiger partial charge in [0.25, 0.3) is 5.56 Å². The fourth-order valence-corrected chi connectivity index (χ4v) is 3.00. The Kier molecular flexibility index (Phi) is 4.91. The summed E-state index contributed by atoms with van der Waals surface area (Å²) in [5.41, 5.74) is -1.07. The van der Waals surface area contributed by atoms with Crippen LogP contribution in [0, 0.1) is 0 Å². The second kappa shape index (κ2) is 7.12. The quantitative estimate of drug-likeness (QED) is 0.884. The molecule has 1 saturated heterocycles. The van der Waals surface area contributed by atoms with Gasteiger partial charge < -0.3 is 10.2 Å². The smallest absolute Gasteiger partial charge is 0.368 e. The molecule has 2 aromatic rings. The number of alkyl halides is 3. The second-order valence-corrected chi connectivity index (χ2v) is 5.90. The van der Waals surface area contributed by atoms with Crippen LogP contribution in [0.3, 0.4) is 0 Å². The van der Waals surface area contributed by atoms with E-state index in [-0.39, 0.29) is 17.4 Å². The second-order valence-electron chi connectivity index (χ2n) is 5.90. The summed E-state index contributed by atoms with van der Waals surface area (Å²) in [5.74, 6) is 0.443. The van der Waals surface area contributed by atoms with Gasteiger partial charge >= 0.3 is 6.18 Å². The summed E-state index contributed by atoms with van der Waals surface area (Å²) in [6.07, 6.45) is -0.347. The summed E-state index contributed by atoms with van der Waals surface area (Å²) in [5, 5.41) is 9.25. The normalized spacial score (nSPS) is 18.2. The van der Waals surface area contributed by atoms with Crippen molar-refractivity contribution >= 4 is 11.6 Å². The van der Waals surface area contributed by atoms with Crippen LogP contribution in [0.25, 0.3) is 0 Å². The zero-order valence-corrected chi connectivity index (χ0v) is 13.4. The van der Waals surface area contributed by atoms with Crippen molar-refractivity contribution < 1.29 is 13.2 Å². The third-order valence-electron chi connectivity index (χ3n) is 4.20. The first-order valence-electron chi connectivity index (χ1n) is 8.03. The standard InChI is InChI=1S/C16H18F3N5O/c17-16(18,19)12-5-3-8-20-15(12)21-10-11-4-1-2-9-24(11)13-6-7-14(25)23-22-13/h3,5-8,11H,1-2,4,9-10H2,(H,20,21)(H,23,25). The van der Waals surface area contributed by atoms with Gasteiger partial charge in [-0.3, -0.25) is 4.79 Å². The Morgan fingerprint density at radius 2 is 2.12 bits per heavy atom. The molecular formula is C16H18F3N5O. The predicted molar refractivity (Wildman–Crippen MR) is 87.6 cm³/mol. The molecule has 1 unspecified atom stereocenters. The number of hydrogen-bond acceptors (Lipinski definition) is 5. The zero-order valence-electron chi connectivity index (χ0n) is 13.4. The minimum atomic E-state index is -4.46. The average molecular weight is 353 g/mol. The molecule has 0 bridgehead atoms. The number of aromatic amines is 1. The van der Waals surface area contributed by atoms with Crippen molar-refractivity contribution in [1.29, 1.82) is 0 Å². The van der Waals surface area contributed by atoms with E-state index in [2.05, 4.69) is 20.5 Å². The Labute approximate surface area is 142 Å². The topological polar surface area (TPSA) is 73.9 Å². The molecular weight excluding hydrogens is 335 g/mol. The molecule has 0 saturated carbocycles. The highest BCUT2D eigenvalue weighted by Crippen LogP contribution is 2.33. The van der Waals surface area contributed by atoms with E-state index in [0.29, 0.717) is 12.4 Å². The molecule has 9 heteroatoms. The summed E-state index contributed by atoms with van der Waals surface area (Å²) >= 11 is 0. The molecule has 1 fully saturated rings. The zero-order chi connectivity index (χ0) is 17.9. The van der Waals surface area contributed by atoms with Gasteiger partial charge in [-0.2, -0.15) is 18.3 Å². The summed E-state index contributed by atoms with van der Waals surface area (Å²) in [4.78, 5) is 17.0. The molecule has 2 aromatic heterocycles. The first-order valence-corrected chi connectivity index (χ1v) is 8.03. The Morgan fingerprint density at radius 3 is 2.84 bits per heavy atom. The minimum absolute atomic E-state index is 0.0322. The lowest BCUT2D eigenvalue weighted by Gasteiger charge is -2.36. The molecule has 0 aliphatic carbocycles. The summed E-state index contributed by atoms with van der Waals surface area (Å²) in [6.45, 7) is 1.04. The first-order chi connectivity index (χ1) is 11.9. The third-order valence-corrected chi connectivity index (χ3v) is 4.20. The lowest BCUT2D eigenvalue weighted by atomic mass is 10.0. The summed E-state index contributed by atoms with van der Waals surface area (Å²) in [6, 6.07) is 5.26. The molecule has 1 atom stereocenters. The number of nitrogens with zero attached hydrogens (tertiary/aromatic N) is 3. The van der Waals surface area contributed by atoms with Crippen molar-refractivity contribution in [2.75, 3.05) is 23.3 Å². The Morgan fingerprint density at radius 1 is 1.28 bits per heavy atom. The van der Waals surface area contributed by atoms with E-state index in [1.54, 1.807) is 6.07 Å². The number of rotatable bonds is 4. The van der Waals surface area contributed by atoms with E-state index < -0.39 is 11.7 Å². The molecule has 1 aliphatic heterocycles. The predicted octanol–water partition coefficient (Wildman–Crippen LogP) is 2.65. The van der Waals surface area contributed by atoms with Crippen LogP contribution >= 0.6 is 0 Å². The van der Waals surface area contributed by atoms with Crippen LogP contribution in [-0.2, 0) is 6.18 Å². The summed E-state index contributed by atoms with van der Waals surface area (Å²) < 4.78 is 39.2. The van der Waals surface area contributed by atoms with Gasteiger partial charge in [-0.25, -0.2) is 10.1 Å². The molecule has 0 amide bonds. The van der Waals surface area contributed by atoms with E-state index in [9.17, 15) is 18.0 Å². The van der Waals surface area contributed by atoms with Crippen molar-refractivity contribution in [2.45, 2.75) is 31.5 Å². The molecule has 0 radical (unpaired) electrons. The SMILES string of the molecule is O=c1ccc(N2CCCCC2CNc2ncccc2C(F)(F)F)n[nH]1. The number of nitrogens with one attached hydrogen (secondary N) is 2. The van der Waals surface area contributed by atoms with E-state index >= 15 is 0 Å². The maximum absolute atomic E-state index is 13.1. The lowest BCUT2D eigenvalue weighted by Crippen LogP contribution is -2.44. The molecule has 25 heavy (non-hydrogen) atoms. The number of aromatic nitrogens is 3. The van der Waals surface area contributed by atoms with Crippen molar-refractivity contribution in [3.05, 3.63) is 46.4 Å². The largest absolute Gasteiger partial charge is 0.419 e. The molecule has 134 valence electrons. The molecule has 1 aliphatic rings. The van der Waals surface area contributed by atoms with E-state index in [1.165, 1.54) is 18.3 Å². The van der Waals surface area contributed by atoms with Crippen LogP contribution < -0.4 is 15.8 Å². The van der Waals surface area contributed by atoms with Gasteiger partial charge in [0.15, 0.2) is 0 Å². The monoisotopic (exact) mass is 353 g/mol. The fourth-order valence-electron chi connectivity index (χ4n) is 3.00. The van der Waals surface area contributed by atoms with Crippen LogP contribution in [0.1, 0.15) is 24.8 Å². The third kappa shape index (κ3) is 4.09. The van der Waals surface area contributed by atoms with E-state index in [0.717, 1.165) is 31.9 Å². The molecule has 3 rings (SSSR count). The van der Waals surface area contributed by atoms with E-state index in [1.807, 2.05) is 4.90 Å². The molecule has 6 nitrogen and oxygen atoms in total. The van der Waals surface area contributed by atoms with Crippen LogP contribution in [0.2, 0.25) is 0 Å². The average Bonchev–Trinajstić information content (AvgIpc) is 2.60. The number of anilines is 2. The molecule has 0 aromatic carbocycles. The first kappa shape index (κ1) is 17.2. The maximum atomic E-state index is 13.1. The van der Waals surface area contributed by atoms with Gasteiger partial charge in [-0.05, 0) is 37.5 Å². The van der Waals surface area contributed by atoms with Crippen molar-refractivity contribution in [3.8, 4) is 0 Å². The number of pyridine rings is 1. The van der Waals surface area contributed by atoms with Gasteiger partial charge in [0.05, 0.1) is 5.56 Å². The van der Waals surface area contributed by atoms with Gasteiger partial charge in [0.2, 0.25) is 0 Å². The number of piperidine rings is 1. The van der Waals surface area contributed by atoms with E-state index in [4.69, 9.17) is 0 Å². The van der Waals surface area contributed by atoms with Crippen molar-refractivity contribution in [3.63, 3.8) is 0 Å². The van der Waals surface area contributed by atoms with Gasteiger partial charge in [-0.15, -0.1) is 0 Å². The molecule has 3 heterocycles. The van der Waals surface area contributed by atoms with Crippen molar-refractivity contribution in [1.82, 2.24) is 15.2 Å². The Hall–Kier alpha value is -2.58. The molecule has 0 spiro atoms. The highest BCUT2D eigenvalue weighted by Gasteiger charge is 2.34. The Bertz CT molecular complexity index is 756. The Balaban J connectivity index is 1.75. The highest BCUT2D eigenvalue weighted by atomic mass is 19.4. The van der Waals surface area contributed by atoms with Gasteiger partial charge in [0, 0.05) is 31.4 Å².